The summed E-state index contributed by atoms with van der Waals surface area (Å²) in [6.45, 7) is 1.74. The van der Waals surface area contributed by atoms with Crippen LogP contribution in [0, 0.1) is 0 Å². The third kappa shape index (κ3) is 3.18. The van der Waals surface area contributed by atoms with Crippen LogP contribution in [0.25, 0.3) is 10.1 Å². The van der Waals surface area contributed by atoms with Crippen molar-refractivity contribution in [1.82, 2.24) is 3.96 Å². The Morgan fingerprint density at radius 2 is 2.00 bits per heavy atom. The summed E-state index contributed by atoms with van der Waals surface area (Å²) in [5.74, 6) is -0.197. The number of anilines is 1. The zero-order valence-corrected chi connectivity index (χ0v) is 14.4. The monoisotopic (exact) mass is 344 g/mol. The van der Waals surface area contributed by atoms with E-state index in [1.807, 2.05) is 48.7 Å². The van der Waals surface area contributed by atoms with Gasteiger partial charge in [0.15, 0.2) is 0 Å². The lowest BCUT2D eigenvalue weighted by Gasteiger charge is -2.12. The SMILES string of the molecule is CSc1cccc(NC(=O)C(C)n2sc3ccccc3c2=O)c1. The highest BCUT2D eigenvalue weighted by molar-refractivity contribution is 7.98. The van der Waals surface area contributed by atoms with Gasteiger partial charge in [-0.1, -0.05) is 29.7 Å². The molecule has 0 spiro atoms. The van der Waals surface area contributed by atoms with Gasteiger partial charge in [0.05, 0.1) is 10.1 Å². The van der Waals surface area contributed by atoms with Crippen molar-refractivity contribution in [3.8, 4) is 0 Å². The second-order valence-electron chi connectivity index (χ2n) is 5.12. The van der Waals surface area contributed by atoms with Crippen molar-refractivity contribution in [2.24, 2.45) is 0 Å². The Hall–Kier alpha value is -2.05. The molecule has 1 unspecified atom stereocenters. The van der Waals surface area contributed by atoms with Crippen LogP contribution in [0.1, 0.15) is 13.0 Å². The van der Waals surface area contributed by atoms with Crippen molar-refractivity contribution in [1.29, 1.82) is 0 Å². The predicted octanol–water partition coefficient (Wildman–Crippen LogP) is 3.98. The fourth-order valence-corrected chi connectivity index (χ4v) is 3.80. The van der Waals surface area contributed by atoms with Crippen LogP contribution in [0.3, 0.4) is 0 Å². The molecule has 1 atom stereocenters. The number of nitrogens with one attached hydrogen (secondary N) is 1. The highest BCUT2D eigenvalue weighted by atomic mass is 32.2. The van der Waals surface area contributed by atoms with Crippen LogP contribution < -0.4 is 10.9 Å². The lowest BCUT2D eigenvalue weighted by atomic mass is 10.2. The van der Waals surface area contributed by atoms with Crippen LogP contribution in [-0.2, 0) is 4.79 Å². The molecule has 3 aromatic rings. The summed E-state index contributed by atoms with van der Waals surface area (Å²) in [5, 5.41) is 3.54. The lowest BCUT2D eigenvalue weighted by molar-refractivity contribution is -0.118. The molecule has 6 heteroatoms. The van der Waals surface area contributed by atoms with Crippen molar-refractivity contribution in [3.63, 3.8) is 0 Å². The highest BCUT2D eigenvalue weighted by Crippen LogP contribution is 2.22. The first-order valence-electron chi connectivity index (χ1n) is 7.15. The molecule has 4 nitrogen and oxygen atoms in total. The maximum absolute atomic E-state index is 12.5. The predicted molar refractivity (Wildman–Crippen MR) is 97.6 cm³/mol. The van der Waals surface area contributed by atoms with Crippen LogP contribution in [0.2, 0.25) is 0 Å². The second-order valence-corrected chi connectivity index (χ2v) is 7.01. The Bertz CT molecular complexity index is 914. The van der Waals surface area contributed by atoms with Gasteiger partial charge in [-0.25, -0.2) is 0 Å². The average molecular weight is 344 g/mol. The second kappa shape index (κ2) is 6.60. The number of rotatable bonds is 4. The van der Waals surface area contributed by atoms with Crippen LogP contribution in [-0.4, -0.2) is 16.1 Å². The van der Waals surface area contributed by atoms with Crippen molar-refractivity contribution in [2.75, 3.05) is 11.6 Å². The van der Waals surface area contributed by atoms with Crippen LogP contribution in [0.5, 0.6) is 0 Å². The summed E-state index contributed by atoms with van der Waals surface area (Å²) in [6, 6.07) is 14.5. The fraction of sp³-hybridized carbons (Fsp3) is 0.176. The number of hydrogen-bond acceptors (Lipinski definition) is 4. The molecule has 0 saturated heterocycles. The molecule has 2 aromatic carbocycles. The highest BCUT2D eigenvalue weighted by Gasteiger charge is 2.19. The van der Waals surface area contributed by atoms with Gasteiger partial charge in [0.2, 0.25) is 5.91 Å². The molecule has 0 aliphatic heterocycles. The summed E-state index contributed by atoms with van der Waals surface area (Å²) in [4.78, 5) is 26.0. The number of carbonyl (C=O) groups excluding carboxylic acids is 1. The number of benzene rings is 2. The smallest absolute Gasteiger partial charge is 0.269 e. The molecule has 1 N–H and O–H groups in total. The normalized spacial score (nSPS) is 12.3. The Morgan fingerprint density at radius 1 is 1.22 bits per heavy atom. The van der Waals surface area contributed by atoms with Gasteiger partial charge >= 0.3 is 0 Å². The number of fused-ring (bicyclic) bond motifs is 1. The number of amides is 1. The van der Waals surface area contributed by atoms with E-state index in [1.54, 1.807) is 24.8 Å². The number of hydrogen-bond donors (Lipinski definition) is 1. The molecular weight excluding hydrogens is 328 g/mol. The third-order valence-electron chi connectivity index (χ3n) is 3.58. The molecule has 118 valence electrons. The minimum atomic E-state index is -0.558. The standard InChI is InChI=1S/C17H16N2O2S2/c1-11(16(20)18-12-6-5-7-13(10-12)22-2)19-17(21)14-8-3-4-9-15(14)23-19/h3-11H,1-2H3,(H,18,20). The first-order valence-corrected chi connectivity index (χ1v) is 9.15. The molecule has 3 rings (SSSR count). The fourth-order valence-electron chi connectivity index (χ4n) is 2.30. The van der Waals surface area contributed by atoms with Gasteiger partial charge in [-0.3, -0.25) is 13.5 Å². The molecule has 23 heavy (non-hydrogen) atoms. The van der Waals surface area contributed by atoms with Gasteiger partial charge in [0, 0.05) is 10.6 Å². The number of carbonyl (C=O) groups is 1. The van der Waals surface area contributed by atoms with E-state index in [1.165, 1.54) is 15.5 Å². The minimum absolute atomic E-state index is 0.119. The number of aromatic nitrogens is 1. The summed E-state index contributed by atoms with van der Waals surface area (Å²) in [6.07, 6.45) is 1.99. The van der Waals surface area contributed by atoms with E-state index in [9.17, 15) is 9.59 Å². The number of thioether (sulfide) groups is 1. The summed E-state index contributed by atoms with van der Waals surface area (Å²) in [7, 11) is 0. The molecule has 0 bridgehead atoms. The lowest BCUT2D eigenvalue weighted by Crippen LogP contribution is -2.28. The van der Waals surface area contributed by atoms with E-state index in [4.69, 9.17) is 0 Å². The van der Waals surface area contributed by atoms with Gasteiger partial charge in [-0.2, -0.15) is 0 Å². The first kappa shape index (κ1) is 15.8. The molecular formula is C17H16N2O2S2. The summed E-state index contributed by atoms with van der Waals surface area (Å²) >= 11 is 2.93. The Balaban J connectivity index is 1.86. The number of nitrogens with zero attached hydrogens (tertiary/aromatic N) is 1. The Kier molecular flexibility index (Phi) is 4.54. The van der Waals surface area contributed by atoms with Crippen LogP contribution >= 0.6 is 23.3 Å². The molecule has 0 saturated carbocycles. The van der Waals surface area contributed by atoms with E-state index >= 15 is 0 Å². The van der Waals surface area contributed by atoms with Crippen molar-refractivity contribution in [3.05, 3.63) is 58.9 Å². The van der Waals surface area contributed by atoms with Gasteiger partial charge in [0.1, 0.15) is 6.04 Å². The van der Waals surface area contributed by atoms with Crippen molar-refractivity contribution >= 4 is 45.0 Å². The molecule has 1 amide bonds. The van der Waals surface area contributed by atoms with E-state index in [0.29, 0.717) is 5.39 Å². The summed E-state index contributed by atoms with van der Waals surface area (Å²) < 4.78 is 2.42. The molecule has 0 aliphatic rings. The maximum Gasteiger partial charge on any atom is 0.269 e. The molecule has 1 aromatic heterocycles. The van der Waals surface area contributed by atoms with Gasteiger partial charge in [-0.15, -0.1) is 11.8 Å². The first-order chi connectivity index (χ1) is 11.1. The van der Waals surface area contributed by atoms with E-state index < -0.39 is 6.04 Å². The topological polar surface area (TPSA) is 51.1 Å². The zero-order valence-electron chi connectivity index (χ0n) is 12.8. The van der Waals surface area contributed by atoms with Gasteiger partial charge in [-0.05, 0) is 43.5 Å². The van der Waals surface area contributed by atoms with Crippen molar-refractivity contribution in [2.45, 2.75) is 17.9 Å². The summed E-state index contributed by atoms with van der Waals surface area (Å²) in [5.41, 5.74) is 0.619. The third-order valence-corrected chi connectivity index (χ3v) is 5.54. The largest absolute Gasteiger partial charge is 0.324 e. The average Bonchev–Trinajstić information content (AvgIpc) is 2.91. The maximum atomic E-state index is 12.5. The van der Waals surface area contributed by atoms with Crippen LogP contribution in [0.15, 0.2) is 58.2 Å². The van der Waals surface area contributed by atoms with E-state index in [2.05, 4.69) is 5.32 Å². The Morgan fingerprint density at radius 3 is 2.74 bits per heavy atom. The van der Waals surface area contributed by atoms with E-state index in [0.717, 1.165) is 15.3 Å². The van der Waals surface area contributed by atoms with Crippen molar-refractivity contribution < 1.29 is 4.79 Å². The Labute approximate surface area is 142 Å². The van der Waals surface area contributed by atoms with Gasteiger partial charge in [0.25, 0.3) is 5.56 Å². The molecule has 0 fully saturated rings. The zero-order chi connectivity index (χ0) is 16.4. The quantitative estimate of drug-likeness (QED) is 0.728. The minimum Gasteiger partial charge on any atom is -0.324 e. The molecule has 1 heterocycles. The van der Waals surface area contributed by atoms with E-state index in [-0.39, 0.29) is 11.5 Å². The molecule has 0 radical (unpaired) electrons. The van der Waals surface area contributed by atoms with Gasteiger partial charge < -0.3 is 5.32 Å². The molecule has 0 aliphatic carbocycles. The van der Waals surface area contributed by atoms with Crippen LogP contribution in [0.4, 0.5) is 5.69 Å².